The third-order valence-corrected chi connectivity index (χ3v) is 7.98. The summed E-state index contributed by atoms with van der Waals surface area (Å²) >= 11 is 0. The number of amides is 1. The van der Waals surface area contributed by atoms with Gasteiger partial charge in [0.2, 0.25) is 15.7 Å². The first-order valence-electron chi connectivity index (χ1n) is 11.8. The number of aromatic nitrogens is 1. The second-order valence-corrected chi connectivity index (χ2v) is 10.6. The summed E-state index contributed by atoms with van der Waals surface area (Å²) in [5.41, 5.74) is 2.78. The highest BCUT2D eigenvalue weighted by atomic mass is 32.2. The molecule has 0 radical (unpaired) electrons. The molecule has 0 aliphatic carbocycles. The number of fused-ring (bicyclic) bond motifs is 1. The van der Waals surface area contributed by atoms with E-state index >= 15 is 0 Å². The van der Waals surface area contributed by atoms with Gasteiger partial charge in [-0.05, 0) is 29.3 Å². The van der Waals surface area contributed by atoms with Gasteiger partial charge in [-0.15, -0.1) is 0 Å². The number of rotatable bonds is 8. The number of para-hydroxylation sites is 1. The van der Waals surface area contributed by atoms with Crippen molar-refractivity contribution in [2.45, 2.75) is 29.4 Å². The van der Waals surface area contributed by atoms with Crippen molar-refractivity contribution in [3.63, 3.8) is 0 Å². The molecule has 36 heavy (non-hydrogen) atoms. The fraction of sp³-hybridized carbons (Fsp3) is 0.100. The molecular formula is C30H26N2O3S. The minimum atomic E-state index is -3.74. The molecular weight excluding hydrogens is 468 g/mol. The Bertz CT molecular complexity index is 1540. The average molecular weight is 495 g/mol. The van der Waals surface area contributed by atoms with Crippen LogP contribution in [0.1, 0.15) is 11.1 Å². The normalized spacial score (nSPS) is 11.4. The van der Waals surface area contributed by atoms with Crippen LogP contribution in [0.2, 0.25) is 0 Å². The SMILES string of the molecule is O=C(Cn1cc(S(=O)(=O)c2ccccc2)c2ccccc21)N(Cc1ccccc1)Cc1ccccc1. The van der Waals surface area contributed by atoms with Gasteiger partial charge < -0.3 is 9.47 Å². The molecule has 4 aromatic carbocycles. The molecule has 1 aromatic heterocycles. The van der Waals surface area contributed by atoms with Crippen LogP contribution >= 0.6 is 0 Å². The van der Waals surface area contributed by atoms with Crippen molar-refractivity contribution >= 4 is 26.6 Å². The van der Waals surface area contributed by atoms with Crippen LogP contribution in [0.15, 0.2) is 131 Å². The van der Waals surface area contributed by atoms with E-state index in [1.165, 1.54) is 0 Å². The number of carbonyl (C=O) groups excluding carboxylic acids is 1. The zero-order valence-corrected chi connectivity index (χ0v) is 20.5. The van der Waals surface area contributed by atoms with Crippen molar-refractivity contribution in [2.75, 3.05) is 0 Å². The largest absolute Gasteiger partial charge is 0.337 e. The smallest absolute Gasteiger partial charge is 0.243 e. The summed E-state index contributed by atoms with van der Waals surface area (Å²) in [6, 6.07) is 35.4. The maximum atomic E-state index is 13.6. The summed E-state index contributed by atoms with van der Waals surface area (Å²) in [4.78, 5) is 15.9. The Kier molecular flexibility index (Phi) is 6.69. The molecule has 5 nitrogen and oxygen atoms in total. The predicted octanol–water partition coefficient (Wildman–Crippen LogP) is 5.70. The highest BCUT2D eigenvalue weighted by Crippen LogP contribution is 2.30. The Hall–Kier alpha value is -4.16. The number of nitrogens with zero attached hydrogens (tertiary/aromatic N) is 2. The number of hydrogen-bond acceptors (Lipinski definition) is 3. The molecule has 5 rings (SSSR count). The molecule has 0 saturated heterocycles. The molecule has 180 valence electrons. The van der Waals surface area contributed by atoms with Crippen LogP contribution < -0.4 is 0 Å². The molecule has 0 saturated carbocycles. The Morgan fingerprint density at radius 1 is 0.667 bits per heavy atom. The van der Waals surface area contributed by atoms with E-state index in [1.807, 2.05) is 83.8 Å². The average Bonchev–Trinajstić information content (AvgIpc) is 3.29. The van der Waals surface area contributed by atoms with Gasteiger partial charge in [0, 0.05) is 30.2 Å². The minimum absolute atomic E-state index is 0.0322. The van der Waals surface area contributed by atoms with Gasteiger partial charge in [-0.25, -0.2) is 8.42 Å². The highest BCUT2D eigenvalue weighted by Gasteiger charge is 2.24. The van der Waals surface area contributed by atoms with E-state index in [4.69, 9.17) is 0 Å². The lowest BCUT2D eigenvalue weighted by atomic mass is 10.1. The van der Waals surface area contributed by atoms with E-state index in [9.17, 15) is 13.2 Å². The van der Waals surface area contributed by atoms with Crippen molar-refractivity contribution in [3.05, 3.63) is 133 Å². The first-order valence-corrected chi connectivity index (χ1v) is 13.2. The van der Waals surface area contributed by atoms with Crippen LogP contribution in [0.4, 0.5) is 0 Å². The number of carbonyl (C=O) groups is 1. The second-order valence-electron chi connectivity index (χ2n) is 8.68. The number of sulfone groups is 1. The van der Waals surface area contributed by atoms with Gasteiger partial charge in [0.1, 0.15) is 6.54 Å². The van der Waals surface area contributed by atoms with Gasteiger partial charge in [0.05, 0.1) is 9.79 Å². The quantitative estimate of drug-likeness (QED) is 0.278. The fourth-order valence-corrected chi connectivity index (χ4v) is 5.87. The molecule has 0 aliphatic heterocycles. The number of benzene rings is 4. The van der Waals surface area contributed by atoms with Gasteiger partial charge >= 0.3 is 0 Å². The van der Waals surface area contributed by atoms with Crippen molar-refractivity contribution in [1.82, 2.24) is 9.47 Å². The molecule has 0 fully saturated rings. The van der Waals surface area contributed by atoms with Crippen LogP contribution in [0.25, 0.3) is 10.9 Å². The minimum Gasteiger partial charge on any atom is -0.337 e. The van der Waals surface area contributed by atoms with Crippen molar-refractivity contribution < 1.29 is 13.2 Å². The van der Waals surface area contributed by atoms with Gasteiger partial charge in [-0.2, -0.15) is 0 Å². The van der Waals surface area contributed by atoms with E-state index in [0.717, 1.165) is 11.1 Å². The summed E-state index contributed by atoms with van der Waals surface area (Å²) < 4.78 is 28.7. The molecule has 1 amide bonds. The third kappa shape index (κ3) is 4.95. The lowest BCUT2D eigenvalue weighted by Gasteiger charge is -2.23. The molecule has 5 aromatic rings. The lowest BCUT2D eigenvalue weighted by molar-refractivity contribution is -0.133. The van der Waals surface area contributed by atoms with E-state index in [2.05, 4.69) is 0 Å². The summed E-state index contributed by atoms with van der Waals surface area (Å²) in [7, 11) is -3.74. The molecule has 0 bridgehead atoms. The van der Waals surface area contributed by atoms with Crippen molar-refractivity contribution in [1.29, 1.82) is 0 Å². The Morgan fingerprint density at radius 2 is 1.17 bits per heavy atom. The topological polar surface area (TPSA) is 59.4 Å². The lowest BCUT2D eigenvalue weighted by Crippen LogP contribution is -2.32. The third-order valence-electron chi connectivity index (χ3n) is 6.19. The first kappa shape index (κ1) is 23.6. The summed E-state index contributed by atoms with van der Waals surface area (Å²) in [5, 5.41) is 0.604. The monoisotopic (exact) mass is 494 g/mol. The van der Waals surface area contributed by atoms with Crippen LogP contribution in [-0.4, -0.2) is 23.8 Å². The van der Waals surface area contributed by atoms with Gasteiger partial charge in [0.25, 0.3) is 0 Å². The van der Waals surface area contributed by atoms with Gasteiger partial charge in [0.15, 0.2) is 0 Å². The molecule has 0 unspecified atom stereocenters. The number of hydrogen-bond donors (Lipinski definition) is 0. The molecule has 0 N–H and O–H groups in total. The summed E-state index contributed by atoms with van der Waals surface area (Å²) in [6.45, 7) is 0.955. The molecule has 0 aliphatic rings. The van der Waals surface area contributed by atoms with Gasteiger partial charge in [-0.3, -0.25) is 4.79 Å². The molecule has 0 atom stereocenters. The fourth-order valence-electron chi connectivity index (χ4n) is 4.37. The van der Waals surface area contributed by atoms with Crippen LogP contribution in [0.3, 0.4) is 0 Å². The predicted molar refractivity (Wildman–Crippen MR) is 141 cm³/mol. The molecule has 6 heteroatoms. The van der Waals surface area contributed by atoms with Crippen LogP contribution in [0, 0.1) is 0 Å². The van der Waals surface area contributed by atoms with Crippen molar-refractivity contribution in [3.8, 4) is 0 Å². The van der Waals surface area contributed by atoms with E-state index in [1.54, 1.807) is 47.2 Å². The standard InChI is InChI=1S/C30H26N2O3S/c33-30(32(20-24-12-4-1-5-13-24)21-25-14-6-2-7-15-25)23-31-22-29(27-18-10-11-19-28(27)31)36(34,35)26-16-8-3-9-17-26/h1-19,22H,20-21,23H2. The molecule has 1 heterocycles. The van der Waals surface area contributed by atoms with E-state index in [-0.39, 0.29) is 22.2 Å². The first-order chi connectivity index (χ1) is 17.5. The summed E-state index contributed by atoms with van der Waals surface area (Å²) in [5.74, 6) is -0.0906. The van der Waals surface area contributed by atoms with Crippen LogP contribution in [0.5, 0.6) is 0 Å². The van der Waals surface area contributed by atoms with Crippen LogP contribution in [-0.2, 0) is 34.3 Å². The maximum absolute atomic E-state index is 13.6. The van der Waals surface area contributed by atoms with Crippen molar-refractivity contribution in [2.24, 2.45) is 0 Å². The maximum Gasteiger partial charge on any atom is 0.243 e. The van der Waals surface area contributed by atoms with E-state index < -0.39 is 9.84 Å². The second kappa shape index (κ2) is 10.2. The highest BCUT2D eigenvalue weighted by molar-refractivity contribution is 7.91. The Balaban J connectivity index is 1.50. The van der Waals surface area contributed by atoms with E-state index in [0.29, 0.717) is 24.0 Å². The van der Waals surface area contributed by atoms with Gasteiger partial charge in [-0.1, -0.05) is 97.1 Å². The zero-order valence-electron chi connectivity index (χ0n) is 19.7. The Morgan fingerprint density at radius 3 is 1.75 bits per heavy atom. The Labute approximate surface area is 211 Å². The summed E-state index contributed by atoms with van der Waals surface area (Å²) in [6.07, 6.45) is 1.59. The zero-order chi connectivity index (χ0) is 25.0. The molecule has 0 spiro atoms.